The van der Waals surface area contributed by atoms with E-state index in [-0.39, 0.29) is 23.5 Å². The molecule has 9 heteroatoms. The van der Waals surface area contributed by atoms with Crippen LogP contribution in [0.2, 0.25) is 0 Å². The van der Waals surface area contributed by atoms with Gasteiger partial charge in [-0.3, -0.25) is 25.0 Å². The summed E-state index contributed by atoms with van der Waals surface area (Å²) >= 11 is 1.27. The average Bonchev–Trinajstić information content (AvgIpc) is 3.34. The highest BCUT2D eigenvalue weighted by molar-refractivity contribution is 7.99. The maximum Gasteiger partial charge on any atom is 0.248 e. The Bertz CT molecular complexity index is 738. The summed E-state index contributed by atoms with van der Waals surface area (Å²) in [6, 6.07) is 3.61. The molecule has 2 amide bonds. The molecule has 1 aliphatic carbocycles. The molecule has 0 bridgehead atoms. The van der Waals surface area contributed by atoms with Crippen molar-refractivity contribution in [3.63, 3.8) is 0 Å². The van der Waals surface area contributed by atoms with Crippen LogP contribution in [0.3, 0.4) is 0 Å². The zero-order chi connectivity index (χ0) is 18.4. The molecule has 0 spiro atoms. The number of nitrogens with one attached hydrogen (secondary N) is 2. The van der Waals surface area contributed by atoms with E-state index >= 15 is 0 Å². The van der Waals surface area contributed by atoms with E-state index in [0.717, 1.165) is 25.7 Å². The zero-order valence-electron chi connectivity index (χ0n) is 14.7. The van der Waals surface area contributed by atoms with Gasteiger partial charge in [-0.1, -0.05) is 31.0 Å². The summed E-state index contributed by atoms with van der Waals surface area (Å²) in [7, 11) is 0. The SMILES string of the molecule is CCn1c(SCC(=O)NNC(=O)C2CCCCC2)nnc1-c1ccco1. The quantitative estimate of drug-likeness (QED) is 0.592. The van der Waals surface area contributed by atoms with Crippen LogP contribution in [-0.4, -0.2) is 32.3 Å². The first kappa shape index (κ1) is 18.5. The van der Waals surface area contributed by atoms with Gasteiger partial charge in [-0.15, -0.1) is 10.2 Å². The molecule has 1 fully saturated rings. The Morgan fingerprint density at radius 1 is 1.27 bits per heavy atom. The molecule has 0 unspecified atom stereocenters. The van der Waals surface area contributed by atoms with Gasteiger partial charge in [-0.25, -0.2) is 0 Å². The molecule has 2 aromatic rings. The van der Waals surface area contributed by atoms with E-state index in [1.165, 1.54) is 18.2 Å². The number of hydrogen-bond donors (Lipinski definition) is 2. The molecule has 2 heterocycles. The lowest BCUT2D eigenvalue weighted by molar-refractivity contribution is -0.131. The number of amides is 2. The van der Waals surface area contributed by atoms with Crippen LogP contribution in [0.25, 0.3) is 11.6 Å². The molecule has 8 nitrogen and oxygen atoms in total. The lowest BCUT2D eigenvalue weighted by atomic mass is 9.89. The maximum absolute atomic E-state index is 12.0. The first-order valence-electron chi connectivity index (χ1n) is 8.87. The van der Waals surface area contributed by atoms with Gasteiger partial charge in [0.15, 0.2) is 16.7 Å². The summed E-state index contributed by atoms with van der Waals surface area (Å²) in [5.74, 6) is 1.04. The standard InChI is InChI=1S/C17H23N5O3S/c1-2-22-15(13-9-6-10-25-13)19-21-17(22)26-11-14(23)18-20-16(24)12-7-4-3-5-8-12/h6,9-10,12H,2-5,7-8,11H2,1H3,(H,18,23)(H,20,24). The van der Waals surface area contributed by atoms with E-state index in [9.17, 15) is 9.59 Å². The molecular weight excluding hydrogens is 354 g/mol. The molecule has 2 N–H and O–H groups in total. The molecule has 140 valence electrons. The molecule has 2 aromatic heterocycles. The third-order valence-corrected chi connectivity index (χ3v) is 5.37. The minimum atomic E-state index is -0.274. The van der Waals surface area contributed by atoms with Gasteiger partial charge in [0.1, 0.15) is 0 Å². The van der Waals surface area contributed by atoms with Gasteiger partial charge in [-0.05, 0) is 31.9 Å². The van der Waals surface area contributed by atoms with Crippen molar-refractivity contribution < 1.29 is 14.0 Å². The van der Waals surface area contributed by atoms with Crippen LogP contribution in [0.1, 0.15) is 39.0 Å². The number of furan rings is 1. The third kappa shape index (κ3) is 4.46. The summed E-state index contributed by atoms with van der Waals surface area (Å²) in [6.07, 6.45) is 6.71. The van der Waals surface area contributed by atoms with Gasteiger partial charge >= 0.3 is 0 Å². The van der Waals surface area contributed by atoms with E-state index < -0.39 is 0 Å². The largest absolute Gasteiger partial charge is 0.461 e. The third-order valence-electron chi connectivity index (χ3n) is 4.41. The number of carbonyl (C=O) groups is 2. The second-order valence-corrected chi connectivity index (χ2v) is 7.13. The van der Waals surface area contributed by atoms with Crippen molar-refractivity contribution in [3.05, 3.63) is 18.4 Å². The summed E-state index contributed by atoms with van der Waals surface area (Å²) in [6.45, 7) is 2.63. The summed E-state index contributed by atoms with van der Waals surface area (Å²) < 4.78 is 7.25. The number of rotatable bonds is 6. The van der Waals surface area contributed by atoms with Crippen LogP contribution < -0.4 is 10.9 Å². The molecule has 0 saturated heterocycles. The Morgan fingerprint density at radius 2 is 2.08 bits per heavy atom. The van der Waals surface area contributed by atoms with Crippen molar-refractivity contribution in [3.8, 4) is 11.6 Å². The van der Waals surface area contributed by atoms with Crippen molar-refractivity contribution in [2.24, 2.45) is 5.92 Å². The Labute approximate surface area is 156 Å². The molecule has 0 aromatic carbocycles. The van der Waals surface area contributed by atoms with Crippen LogP contribution in [0.5, 0.6) is 0 Å². The van der Waals surface area contributed by atoms with Crippen molar-refractivity contribution in [2.75, 3.05) is 5.75 Å². The highest BCUT2D eigenvalue weighted by Gasteiger charge is 2.21. The van der Waals surface area contributed by atoms with Gasteiger partial charge in [0.2, 0.25) is 11.8 Å². The van der Waals surface area contributed by atoms with Crippen LogP contribution in [-0.2, 0) is 16.1 Å². The molecule has 0 atom stereocenters. The molecule has 0 radical (unpaired) electrons. The maximum atomic E-state index is 12.0. The Morgan fingerprint density at radius 3 is 2.77 bits per heavy atom. The van der Waals surface area contributed by atoms with Gasteiger partial charge in [0, 0.05) is 12.5 Å². The summed E-state index contributed by atoms with van der Waals surface area (Å²) in [5, 5.41) is 8.90. The number of nitrogens with zero attached hydrogens (tertiary/aromatic N) is 3. The average molecular weight is 377 g/mol. The number of hydrazine groups is 1. The Balaban J connectivity index is 1.49. The van der Waals surface area contributed by atoms with Crippen LogP contribution in [0, 0.1) is 5.92 Å². The number of hydrogen-bond acceptors (Lipinski definition) is 6. The predicted octanol–water partition coefficient (Wildman–Crippen LogP) is 2.38. The molecule has 26 heavy (non-hydrogen) atoms. The smallest absolute Gasteiger partial charge is 0.248 e. The summed E-state index contributed by atoms with van der Waals surface area (Å²) in [4.78, 5) is 24.1. The number of aromatic nitrogens is 3. The summed E-state index contributed by atoms with van der Waals surface area (Å²) in [5.41, 5.74) is 5.02. The molecular formula is C17H23N5O3S. The van der Waals surface area contributed by atoms with Crippen molar-refractivity contribution in [1.82, 2.24) is 25.6 Å². The van der Waals surface area contributed by atoms with Crippen LogP contribution in [0.15, 0.2) is 28.0 Å². The fraction of sp³-hybridized carbons (Fsp3) is 0.529. The minimum absolute atomic E-state index is 0.00995. The number of thioether (sulfide) groups is 1. The van der Waals surface area contributed by atoms with Gasteiger partial charge < -0.3 is 4.42 Å². The lowest BCUT2D eigenvalue weighted by Crippen LogP contribution is -2.45. The first-order chi connectivity index (χ1) is 12.7. The second-order valence-electron chi connectivity index (χ2n) is 6.19. The van der Waals surface area contributed by atoms with E-state index in [4.69, 9.17) is 4.42 Å². The molecule has 1 saturated carbocycles. The van der Waals surface area contributed by atoms with E-state index in [0.29, 0.717) is 23.3 Å². The Kier molecular flexibility index (Phi) is 6.32. The highest BCUT2D eigenvalue weighted by atomic mass is 32.2. The lowest BCUT2D eigenvalue weighted by Gasteiger charge is -2.20. The topological polar surface area (TPSA) is 102 Å². The Hall–Kier alpha value is -2.29. The van der Waals surface area contributed by atoms with Gasteiger partial charge in [-0.2, -0.15) is 0 Å². The number of carbonyl (C=O) groups excluding carboxylic acids is 2. The fourth-order valence-corrected chi connectivity index (χ4v) is 3.84. The van der Waals surface area contributed by atoms with Crippen LogP contribution >= 0.6 is 11.8 Å². The zero-order valence-corrected chi connectivity index (χ0v) is 15.6. The van der Waals surface area contributed by atoms with Crippen LogP contribution in [0.4, 0.5) is 0 Å². The fourth-order valence-electron chi connectivity index (χ4n) is 3.03. The highest BCUT2D eigenvalue weighted by Crippen LogP contribution is 2.24. The molecule has 1 aliphatic rings. The monoisotopic (exact) mass is 377 g/mol. The predicted molar refractivity (Wildman–Crippen MR) is 97.0 cm³/mol. The molecule has 3 rings (SSSR count). The van der Waals surface area contributed by atoms with E-state index in [2.05, 4.69) is 21.0 Å². The minimum Gasteiger partial charge on any atom is -0.461 e. The van der Waals surface area contributed by atoms with Crippen molar-refractivity contribution >= 4 is 23.6 Å². The van der Waals surface area contributed by atoms with E-state index in [1.54, 1.807) is 12.3 Å². The van der Waals surface area contributed by atoms with Gasteiger partial charge in [0.05, 0.1) is 12.0 Å². The van der Waals surface area contributed by atoms with E-state index in [1.807, 2.05) is 17.6 Å². The second kappa shape index (κ2) is 8.88. The normalized spacial score (nSPS) is 15.0. The van der Waals surface area contributed by atoms with Crippen molar-refractivity contribution in [1.29, 1.82) is 0 Å². The first-order valence-corrected chi connectivity index (χ1v) is 9.86. The van der Waals surface area contributed by atoms with Gasteiger partial charge in [0.25, 0.3) is 0 Å². The van der Waals surface area contributed by atoms with Crippen molar-refractivity contribution in [2.45, 2.75) is 50.7 Å². The molecule has 0 aliphatic heterocycles.